The number of carbonyl (C=O) groups excluding carboxylic acids is 1. The van der Waals surface area contributed by atoms with Crippen LogP contribution in [0.25, 0.3) is 0 Å². The molecule has 6 heteroatoms. The minimum absolute atomic E-state index is 0.0487. The average Bonchev–Trinajstić information content (AvgIpc) is 2.42. The van der Waals surface area contributed by atoms with Gasteiger partial charge in [-0.1, -0.05) is 12.1 Å². The number of nitrogens with two attached hydrogens (primary N) is 1. The summed E-state index contributed by atoms with van der Waals surface area (Å²) in [4.78, 5) is 11.7. The Morgan fingerprint density at radius 1 is 1.05 bits per heavy atom. The molecule has 2 aromatic carbocycles. The van der Waals surface area contributed by atoms with Crippen LogP contribution in [0, 0.1) is 11.2 Å². The van der Waals surface area contributed by atoms with Gasteiger partial charge in [-0.2, -0.15) is 0 Å². The number of nitrogens with one attached hydrogen (secondary N) is 3. The highest BCUT2D eigenvalue weighted by Gasteiger charge is 2.06. The second-order valence-electron chi connectivity index (χ2n) is 4.05. The van der Waals surface area contributed by atoms with Gasteiger partial charge in [0, 0.05) is 11.3 Å². The van der Waals surface area contributed by atoms with Crippen LogP contribution in [0.1, 0.15) is 5.56 Å². The number of carbonyl (C=O) groups is 1. The molecule has 2 amide bonds. The van der Waals surface area contributed by atoms with E-state index in [2.05, 4.69) is 10.6 Å². The Labute approximate surface area is 115 Å². The van der Waals surface area contributed by atoms with E-state index in [1.54, 1.807) is 36.4 Å². The van der Waals surface area contributed by atoms with Gasteiger partial charge < -0.3 is 16.4 Å². The number of amides is 2. The van der Waals surface area contributed by atoms with Crippen LogP contribution in [0.2, 0.25) is 0 Å². The molecule has 0 aliphatic carbocycles. The number of urea groups is 1. The second-order valence-corrected chi connectivity index (χ2v) is 4.05. The maximum Gasteiger partial charge on any atom is 0.323 e. The first-order valence-corrected chi connectivity index (χ1v) is 5.83. The van der Waals surface area contributed by atoms with Crippen molar-refractivity contribution >= 4 is 23.2 Å². The molecule has 102 valence electrons. The van der Waals surface area contributed by atoms with Crippen molar-refractivity contribution in [2.75, 3.05) is 10.6 Å². The van der Waals surface area contributed by atoms with Crippen LogP contribution in [0.3, 0.4) is 0 Å². The largest absolute Gasteiger partial charge is 0.384 e. The second kappa shape index (κ2) is 5.83. The lowest BCUT2D eigenvalue weighted by molar-refractivity contribution is 0.262. The first kappa shape index (κ1) is 13.5. The maximum absolute atomic E-state index is 13.4. The third-order valence-corrected chi connectivity index (χ3v) is 2.58. The summed E-state index contributed by atoms with van der Waals surface area (Å²) in [6.45, 7) is 0. The number of anilines is 2. The van der Waals surface area contributed by atoms with Crippen molar-refractivity contribution in [3.05, 3.63) is 59.9 Å². The zero-order valence-corrected chi connectivity index (χ0v) is 10.5. The predicted molar refractivity (Wildman–Crippen MR) is 76.5 cm³/mol. The van der Waals surface area contributed by atoms with E-state index in [1.807, 2.05) is 0 Å². The van der Waals surface area contributed by atoms with Crippen molar-refractivity contribution in [1.29, 1.82) is 5.41 Å². The summed E-state index contributed by atoms with van der Waals surface area (Å²) >= 11 is 0. The Morgan fingerprint density at radius 2 is 1.70 bits per heavy atom. The van der Waals surface area contributed by atoms with Crippen molar-refractivity contribution in [2.45, 2.75) is 0 Å². The number of rotatable bonds is 3. The molecule has 0 fully saturated rings. The maximum atomic E-state index is 13.4. The highest BCUT2D eigenvalue weighted by molar-refractivity contribution is 6.00. The zero-order chi connectivity index (χ0) is 14.5. The number of amidine groups is 1. The van der Waals surface area contributed by atoms with Gasteiger partial charge in [0.2, 0.25) is 0 Å². The fourth-order valence-corrected chi connectivity index (χ4v) is 1.58. The Kier molecular flexibility index (Phi) is 3.95. The number of benzene rings is 2. The molecule has 0 aliphatic rings. The molecular weight excluding hydrogens is 259 g/mol. The fraction of sp³-hybridized carbons (Fsp3) is 0. The minimum Gasteiger partial charge on any atom is -0.384 e. The summed E-state index contributed by atoms with van der Waals surface area (Å²) in [5, 5.41) is 12.2. The molecule has 0 spiro atoms. The first-order chi connectivity index (χ1) is 9.56. The lowest BCUT2D eigenvalue weighted by atomic mass is 10.2. The lowest BCUT2D eigenvalue weighted by Crippen LogP contribution is -2.20. The normalized spacial score (nSPS) is 9.85. The molecule has 2 rings (SSSR count). The van der Waals surface area contributed by atoms with Crippen molar-refractivity contribution < 1.29 is 9.18 Å². The Balaban J connectivity index is 2.01. The third kappa shape index (κ3) is 3.32. The summed E-state index contributed by atoms with van der Waals surface area (Å²) in [5.74, 6) is -0.554. The summed E-state index contributed by atoms with van der Waals surface area (Å²) in [5.41, 5.74) is 6.51. The molecule has 0 aliphatic heterocycles. The number of para-hydroxylation sites is 1. The van der Waals surface area contributed by atoms with Gasteiger partial charge in [0.15, 0.2) is 0 Å². The van der Waals surface area contributed by atoms with Crippen LogP contribution in [-0.2, 0) is 0 Å². The van der Waals surface area contributed by atoms with Crippen LogP contribution in [0.5, 0.6) is 0 Å². The molecule has 5 N–H and O–H groups in total. The van der Waals surface area contributed by atoms with E-state index in [9.17, 15) is 9.18 Å². The van der Waals surface area contributed by atoms with E-state index >= 15 is 0 Å². The topological polar surface area (TPSA) is 91.0 Å². The molecule has 0 unspecified atom stereocenters. The van der Waals surface area contributed by atoms with E-state index < -0.39 is 11.8 Å². The van der Waals surface area contributed by atoms with Crippen LogP contribution < -0.4 is 16.4 Å². The number of hydrogen-bond donors (Lipinski definition) is 4. The molecule has 0 saturated heterocycles. The molecule has 2 aromatic rings. The van der Waals surface area contributed by atoms with Crippen LogP contribution >= 0.6 is 0 Å². The minimum atomic E-state index is -0.550. The monoisotopic (exact) mass is 272 g/mol. The van der Waals surface area contributed by atoms with Gasteiger partial charge in [0.1, 0.15) is 11.7 Å². The quantitative estimate of drug-likeness (QED) is 0.511. The molecule has 5 nitrogen and oxygen atoms in total. The van der Waals surface area contributed by atoms with Gasteiger partial charge in [-0.05, 0) is 36.4 Å². The van der Waals surface area contributed by atoms with Crippen molar-refractivity contribution in [3.63, 3.8) is 0 Å². The van der Waals surface area contributed by atoms with Crippen LogP contribution in [0.15, 0.2) is 48.5 Å². The molecular formula is C14H13FN4O. The Bertz CT molecular complexity index is 640. The highest BCUT2D eigenvalue weighted by atomic mass is 19.1. The number of hydrogen-bond acceptors (Lipinski definition) is 2. The SMILES string of the molecule is N=C(N)c1ccc(NC(=O)Nc2ccccc2F)cc1. The molecule has 20 heavy (non-hydrogen) atoms. The van der Waals surface area contributed by atoms with Crippen molar-refractivity contribution in [3.8, 4) is 0 Å². The van der Waals surface area contributed by atoms with E-state index in [-0.39, 0.29) is 11.5 Å². The van der Waals surface area contributed by atoms with E-state index in [0.29, 0.717) is 11.3 Å². The summed E-state index contributed by atoms with van der Waals surface area (Å²) in [6, 6.07) is 11.8. The van der Waals surface area contributed by atoms with Crippen molar-refractivity contribution in [2.24, 2.45) is 5.73 Å². The first-order valence-electron chi connectivity index (χ1n) is 5.83. The fourth-order valence-electron chi connectivity index (χ4n) is 1.58. The van der Waals surface area contributed by atoms with E-state index in [0.717, 1.165) is 0 Å². The predicted octanol–water partition coefficient (Wildman–Crippen LogP) is 2.75. The average molecular weight is 272 g/mol. The van der Waals surface area contributed by atoms with Crippen molar-refractivity contribution in [1.82, 2.24) is 0 Å². The number of halogens is 1. The van der Waals surface area contributed by atoms with E-state index in [1.165, 1.54) is 12.1 Å². The summed E-state index contributed by atoms with van der Waals surface area (Å²) < 4.78 is 13.4. The Morgan fingerprint density at radius 3 is 2.30 bits per heavy atom. The summed E-state index contributed by atoms with van der Waals surface area (Å²) in [7, 11) is 0. The molecule has 0 aromatic heterocycles. The Hall–Kier alpha value is -2.89. The van der Waals surface area contributed by atoms with Gasteiger partial charge in [0.25, 0.3) is 0 Å². The molecule has 0 heterocycles. The zero-order valence-electron chi connectivity index (χ0n) is 10.5. The van der Waals surface area contributed by atoms with Gasteiger partial charge >= 0.3 is 6.03 Å². The highest BCUT2D eigenvalue weighted by Crippen LogP contribution is 2.14. The van der Waals surface area contributed by atoms with Gasteiger partial charge in [-0.25, -0.2) is 9.18 Å². The molecule has 0 bridgehead atoms. The number of nitrogen functional groups attached to an aromatic ring is 1. The summed E-state index contributed by atoms with van der Waals surface area (Å²) in [6.07, 6.45) is 0. The van der Waals surface area contributed by atoms with Gasteiger partial charge in [0.05, 0.1) is 5.69 Å². The standard InChI is InChI=1S/C14H13FN4O/c15-11-3-1-2-4-12(11)19-14(20)18-10-7-5-9(6-8-10)13(16)17/h1-8H,(H3,16,17)(H2,18,19,20). The lowest BCUT2D eigenvalue weighted by Gasteiger charge is -2.08. The van der Waals surface area contributed by atoms with Gasteiger partial charge in [-0.3, -0.25) is 5.41 Å². The van der Waals surface area contributed by atoms with E-state index in [4.69, 9.17) is 11.1 Å². The van der Waals surface area contributed by atoms with Crippen LogP contribution in [-0.4, -0.2) is 11.9 Å². The smallest absolute Gasteiger partial charge is 0.323 e. The third-order valence-electron chi connectivity index (χ3n) is 2.58. The molecule has 0 radical (unpaired) electrons. The molecule has 0 atom stereocenters. The van der Waals surface area contributed by atoms with Crippen LogP contribution in [0.4, 0.5) is 20.6 Å². The van der Waals surface area contributed by atoms with Gasteiger partial charge in [-0.15, -0.1) is 0 Å². The molecule has 0 saturated carbocycles.